The van der Waals surface area contributed by atoms with E-state index in [1.54, 1.807) is 6.92 Å². The van der Waals surface area contributed by atoms with Crippen LogP contribution in [0.15, 0.2) is 0 Å². The molecule has 0 aliphatic heterocycles. The van der Waals surface area contributed by atoms with Gasteiger partial charge in [0.15, 0.2) is 5.01 Å². The molecule has 0 radical (unpaired) electrons. The molecule has 3 N–H and O–H groups in total. The van der Waals surface area contributed by atoms with E-state index in [1.807, 2.05) is 13.8 Å². The first-order chi connectivity index (χ1) is 8.72. The van der Waals surface area contributed by atoms with E-state index >= 15 is 0 Å². The first-order valence-electron chi connectivity index (χ1n) is 5.61. The lowest BCUT2D eigenvalue weighted by Gasteiger charge is -2.27. The summed E-state index contributed by atoms with van der Waals surface area (Å²) in [4.78, 5) is 11.5. The third-order valence-electron chi connectivity index (χ3n) is 2.70. The summed E-state index contributed by atoms with van der Waals surface area (Å²) in [5.74, 6) is -0.0419. The Bertz CT molecular complexity index is 437. The molecule has 2 amide bonds. The Morgan fingerprint density at radius 3 is 2.58 bits per heavy atom. The molecular formula is C10H16F2N4O2S. The second-order valence-electron chi connectivity index (χ2n) is 4.57. The SMILES string of the molecule is CC(C)C(C)(O)CNC(=O)Nc1nnc(C(F)F)s1. The number of halogens is 2. The fourth-order valence-corrected chi connectivity index (χ4v) is 1.57. The van der Waals surface area contributed by atoms with E-state index in [0.717, 1.165) is 0 Å². The van der Waals surface area contributed by atoms with Gasteiger partial charge in [-0.1, -0.05) is 25.2 Å². The lowest BCUT2D eigenvalue weighted by Crippen LogP contribution is -2.45. The zero-order valence-electron chi connectivity index (χ0n) is 10.8. The zero-order valence-corrected chi connectivity index (χ0v) is 11.6. The summed E-state index contributed by atoms with van der Waals surface area (Å²) in [5.41, 5.74) is -1.05. The Morgan fingerprint density at radius 1 is 1.47 bits per heavy atom. The number of hydrogen-bond acceptors (Lipinski definition) is 5. The van der Waals surface area contributed by atoms with Crippen molar-refractivity contribution in [3.63, 3.8) is 0 Å². The van der Waals surface area contributed by atoms with Gasteiger partial charge in [0.2, 0.25) is 5.13 Å². The quantitative estimate of drug-likeness (QED) is 0.775. The summed E-state index contributed by atoms with van der Waals surface area (Å²) in [6.45, 7) is 5.27. The summed E-state index contributed by atoms with van der Waals surface area (Å²) in [6, 6.07) is -0.627. The predicted molar refractivity (Wildman–Crippen MR) is 67.3 cm³/mol. The summed E-state index contributed by atoms with van der Waals surface area (Å²) < 4.78 is 24.5. The van der Waals surface area contributed by atoms with Crippen molar-refractivity contribution in [3.8, 4) is 0 Å². The maximum Gasteiger partial charge on any atom is 0.321 e. The first kappa shape index (κ1) is 15.7. The van der Waals surface area contributed by atoms with Gasteiger partial charge < -0.3 is 10.4 Å². The molecule has 6 nitrogen and oxygen atoms in total. The van der Waals surface area contributed by atoms with Crippen LogP contribution < -0.4 is 10.6 Å². The van der Waals surface area contributed by atoms with Gasteiger partial charge in [0.1, 0.15) is 0 Å². The predicted octanol–water partition coefficient (Wildman–Crippen LogP) is 2.00. The largest absolute Gasteiger partial charge is 0.388 e. The molecule has 0 aliphatic carbocycles. The smallest absolute Gasteiger partial charge is 0.321 e. The summed E-state index contributed by atoms with van der Waals surface area (Å²) in [6.07, 6.45) is -2.71. The van der Waals surface area contributed by atoms with Crippen LogP contribution in [-0.2, 0) is 0 Å². The molecule has 0 saturated heterocycles. The fraction of sp³-hybridized carbons (Fsp3) is 0.700. The molecule has 1 unspecified atom stereocenters. The number of urea groups is 1. The monoisotopic (exact) mass is 294 g/mol. The molecule has 1 atom stereocenters. The van der Waals surface area contributed by atoms with Gasteiger partial charge in [-0.2, -0.15) is 0 Å². The van der Waals surface area contributed by atoms with Crippen LogP contribution in [0.1, 0.15) is 32.2 Å². The number of rotatable bonds is 5. The van der Waals surface area contributed by atoms with E-state index in [0.29, 0.717) is 11.3 Å². The number of aromatic nitrogens is 2. The van der Waals surface area contributed by atoms with Gasteiger partial charge in [-0.3, -0.25) is 5.32 Å². The van der Waals surface area contributed by atoms with Crippen LogP contribution in [0.4, 0.5) is 18.7 Å². The average molecular weight is 294 g/mol. The van der Waals surface area contributed by atoms with E-state index in [9.17, 15) is 18.7 Å². The Kier molecular flexibility index (Phi) is 5.12. The van der Waals surface area contributed by atoms with E-state index in [2.05, 4.69) is 20.8 Å². The Hall–Kier alpha value is -1.35. The third-order valence-corrected chi connectivity index (χ3v) is 3.54. The summed E-state index contributed by atoms with van der Waals surface area (Å²) in [5, 5.41) is 20.8. The van der Waals surface area contributed by atoms with E-state index in [4.69, 9.17) is 0 Å². The van der Waals surface area contributed by atoms with Crippen molar-refractivity contribution < 1.29 is 18.7 Å². The number of anilines is 1. The molecule has 0 aliphatic rings. The van der Waals surface area contributed by atoms with E-state index < -0.39 is 23.1 Å². The fourth-order valence-electron chi connectivity index (χ4n) is 0.978. The highest BCUT2D eigenvalue weighted by molar-refractivity contribution is 7.15. The Labute approximate surface area is 113 Å². The van der Waals surface area contributed by atoms with Crippen LogP contribution in [0, 0.1) is 5.92 Å². The van der Waals surface area contributed by atoms with Gasteiger partial charge in [-0.25, -0.2) is 13.6 Å². The van der Waals surface area contributed by atoms with Crippen molar-refractivity contribution in [3.05, 3.63) is 5.01 Å². The minimum atomic E-state index is -2.71. The minimum Gasteiger partial charge on any atom is -0.388 e. The highest BCUT2D eigenvalue weighted by Gasteiger charge is 2.25. The molecule has 9 heteroatoms. The van der Waals surface area contributed by atoms with Gasteiger partial charge in [0, 0.05) is 6.54 Å². The molecule has 1 aromatic heterocycles. The standard InChI is InChI=1S/C10H16F2N4O2S/c1-5(2)10(3,18)4-13-8(17)14-9-16-15-7(19-9)6(11)12/h5-6,18H,4H2,1-3H3,(H2,13,14,16,17). The van der Waals surface area contributed by atoms with Crippen LogP contribution in [0.25, 0.3) is 0 Å². The Balaban J connectivity index is 2.47. The van der Waals surface area contributed by atoms with Crippen molar-refractivity contribution in [2.75, 3.05) is 11.9 Å². The van der Waals surface area contributed by atoms with Crippen molar-refractivity contribution in [2.45, 2.75) is 32.8 Å². The van der Waals surface area contributed by atoms with E-state index in [-0.39, 0.29) is 17.6 Å². The van der Waals surface area contributed by atoms with Crippen LogP contribution >= 0.6 is 11.3 Å². The highest BCUT2D eigenvalue weighted by Crippen LogP contribution is 2.24. The van der Waals surface area contributed by atoms with Crippen LogP contribution in [0.2, 0.25) is 0 Å². The number of amides is 2. The minimum absolute atomic E-state index is 0.0167. The molecule has 108 valence electrons. The Morgan fingerprint density at radius 2 is 2.11 bits per heavy atom. The molecule has 1 heterocycles. The molecule has 0 saturated carbocycles. The van der Waals surface area contributed by atoms with Crippen molar-refractivity contribution in [2.24, 2.45) is 5.92 Å². The van der Waals surface area contributed by atoms with Gasteiger partial charge in [0.05, 0.1) is 5.60 Å². The van der Waals surface area contributed by atoms with Crippen molar-refractivity contribution in [1.29, 1.82) is 0 Å². The van der Waals surface area contributed by atoms with E-state index in [1.165, 1.54) is 0 Å². The first-order valence-corrected chi connectivity index (χ1v) is 6.43. The molecule has 0 fully saturated rings. The normalized spacial score (nSPS) is 14.5. The summed E-state index contributed by atoms with van der Waals surface area (Å²) >= 11 is 0.602. The lowest BCUT2D eigenvalue weighted by molar-refractivity contribution is 0.0170. The number of aliphatic hydroxyl groups is 1. The topological polar surface area (TPSA) is 87.1 Å². The lowest BCUT2D eigenvalue weighted by atomic mass is 9.93. The van der Waals surface area contributed by atoms with Crippen LogP contribution in [0.5, 0.6) is 0 Å². The van der Waals surface area contributed by atoms with Crippen LogP contribution in [0.3, 0.4) is 0 Å². The van der Waals surface area contributed by atoms with Gasteiger partial charge >= 0.3 is 6.03 Å². The number of carbonyl (C=O) groups excluding carboxylic acids is 1. The van der Waals surface area contributed by atoms with Gasteiger partial charge in [-0.15, -0.1) is 10.2 Å². The maximum absolute atomic E-state index is 12.3. The van der Waals surface area contributed by atoms with Gasteiger partial charge in [-0.05, 0) is 12.8 Å². The molecule has 1 aromatic rings. The van der Waals surface area contributed by atoms with Gasteiger partial charge in [0.25, 0.3) is 6.43 Å². The van der Waals surface area contributed by atoms with Crippen LogP contribution in [-0.4, -0.2) is 33.5 Å². The number of nitrogens with zero attached hydrogens (tertiary/aromatic N) is 2. The molecule has 0 aromatic carbocycles. The number of hydrogen-bond donors (Lipinski definition) is 3. The molecule has 1 rings (SSSR count). The number of carbonyl (C=O) groups is 1. The molecular weight excluding hydrogens is 278 g/mol. The maximum atomic E-state index is 12.3. The number of alkyl halides is 2. The average Bonchev–Trinajstić information content (AvgIpc) is 2.75. The zero-order chi connectivity index (χ0) is 14.6. The van der Waals surface area contributed by atoms with Crippen molar-refractivity contribution in [1.82, 2.24) is 15.5 Å². The third kappa shape index (κ3) is 4.67. The summed E-state index contributed by atoms with van der Waals surface area (Å²) in [7, 11) is 0. The second kappa shape index (κ2) is 6.20. The molecule has 0 spiro atoms. The second-order valence-corrected chi connectivity index (χ2v) is 5.57. The highest BCUT2D eigenvalue weighted by atomic mass is 32.1. The van der Waals surface area contributed by atoms with Crippen molar-refractivity contribution >= 4 is 22.5 Å². The molecule has 19 heavy (non-hydrogen) atoms. The number of nitrogens with one attached hydrogen (secondary N) is 2. The molecule has 0 bridgehead atoms.